The first-order chi connectivity index (χ1) is 10.6. The van der Waals surface area contributed by atoms with Crippen molar-refractivity contribution in [2.75, 3.05) is 7.11 Å². The number of carbonyl (C=O) groups is 1. The Morgan fingerprint density at radius 3 is 2.27 bits per heavy atom. The molecule has 0 heterocycles. The lowest BCUT2D eigenvalue weighted by atomic mass is 9.99. The molecule has 2 aromatic carbocycles. The average molecular weight is 298 g/mol. The second-order valence-electron chi connectivity index (χ2n) is 5.43. The van der Waals surface area contributed by atoms with Crippen molar-refractivity contribution in [1.29, 1.82) is 0 Å². The van der Waals surface area contributed by atoms with Crippen LogP contribution in [0.5, 0.6) is 5.75 Å². The van der Waals surface area contributed by atoms with E-state index in [1.165, 1.54) is 0 Å². The van der Waals surface area contributed by atoms with E-state index in [0.717, 1.165) is 11.3 Å². The topological polar surface area (TPSA) is 35.5 Å². The zero-order chi connectivity index (χ0) is 15.9. The quantitative estimate of drug-likeness (QED) is 0.727. The molecule has 116 valence electrons. The minimum absolute atomic E-state index is 0.0116. The fraction of sp³-hybridized carbons (Fsp3) is 0.316. The lowest BCUT2D eigenvalue weighted by molar-refractivity contribution is 0.0604. The van der Waals surface area contributed by atoms with Gasteiger partial charge in [0.1, 0.15) is 11.9 Å². The molecule has 0 fully saturated rings. The molecule has 2 aromatic rings. The summed E-state index contributed by atoms with van der Waals surface area (Å²) in [6, 6.07) is 17.0. The van der Waals surface area contributed by atoms with Gasteiger partial charge >= 0.3 is 0 Å². The van der Waals surface area contributed by atoms with E-state index in [1.807, 2.05) is 68.4 Å². The van der Waals surface area contributed by atoms with Gasteiger partial charge in [-0.05, 0) is 25.5 Å². The summed E-state index contributed by atoms with van der Waals surface area (Å²) in [5.41, 5.74) is 1.64. The molecule has 22 heavy (non-hydrogen) atoms. The number of ketones is 1. The lowest BCUT2D eigenvalue weighted by Crippen LogP contribution is -2.26. The Kier molecular flexibility index (Phi) is 5.73. The fourth-order valence-corrected chi connectivity index (χ4v) is 2.31. The Morgan fingerprint density at radius 2 is 1.64 bits per heavy atom. The van der Waals surface area contributed by atoms with Crippen molar-refractivity contribution in [3.8, 4) is 5.75 Å². The molecule has 0 aromatic heterocycles. The van der Waals surface area contributed by atoms with E-state index in [-0.39, 0.29) is 11.9 Å². The van der Waals surface area contributed by atoms with Gasteiger partial charge in [0.25, 0.3) is 0 Å². The Bertz CT molecular complexity index is 605. The van der Waals surface area contributed by atoms with Gasteiger partial charge in [-0.1, -0.05) is 48.5 Å². The molecular weight excluding hydrogens is 276 g/mol. The van der Waals surface area contributed by atoms with Crippen LogP contribution in [0.4, 0.5) is 0 Å². The number of para-hydroxylation sites is 1. The number of methoxy groups -OCH3 is 1. The molecule has 0 radical (unpaired) electrons. The van der Waals surface area contributed by atoms with Gasteiger partial charge in [-0.3, -0.25) is 4.79 Å². The highest BCUT2D eigenvalue weighted by molar-refractivity contribution is 5.99. The number of hydrogen-bond donors (Lipinski definition) is 0. The summed E-state index contributed by atoms with van der Waals surface area (Å²) >= 11 is 0. The van der Waals surface area contributed by atoms with Gasteiger partial charge < -0.3 is 9.47 Å². The number of Topliss-reactive ketones (excluding diaryl/α,β-unsaturated/α-hetero) is 1. The van der Waals surface area contributed by atoms with Crippen LogP contribution in [0.25, 0.3) is 0 Å². The van der Waals surface area contributed by atoms with E-state index >= 15 is 0 Å². The van der Waals surface area contributed by atoms with Crippen molar-refractivity contribution in [3.05, 3.63) is 65.7 Å². The summed E-state index contributed by atoms with van der Waals surface area (Å²) in [7, 11) is 1.57. The van der Waals surface area contributed by atoms with Gasteiger partial charge in [0.15, 0.2) is 5.78 Å². The van der Waals surface area contributed by atoms with E-state index in [2.05, 4.69) is 0 Å². The van der Waals surface area contributed by atoms with E-state index < -0.39 is 6.10 Å². The number of hydrogen-bond acceptors (Lipinski definition) is 3. The van der Waals surface area contributed by atoms with E-state index in [4.69, 9.17) is 9.47 Å². The van der Waals surface area contributed by atoms with E-state index in [1.54, 1.807) is 7.11 Å². The van der Waals surface area contributed by atoms with E-state index in [0.29, 0.717) is 12.0 Å². The van der Waals surface area contributed by atoms with Gasteiger partial charge in [-0.15, -0.1) is 0 Å². The van der Waals surface area contributed by atoms with Gasteiger partial charge in [0, 0.05) is 19.1 Å². The maximum atomic E-state index is 12.5. The first-order valence-electron chi connectivity index (χ1n) is 7.48. The maximum absolute atomic E-state index is 12.5. The number of rotatable bonds is 7. The molecule has 0 amide bonds. The van der Waals surface area contributed by atoms with Gasteiger partial charge in [0.05, 0.1) is 6.10 Å². The molecule has 0 N–H and O–H groups in total. The normalized spacial score (nSPS) is 12.2. The van der Waals surface area contributed by atoms with Gasteiger partial charge in [0.2, 0.25) is 0 Å². The minimum Gasteiger partial charge on any atom is -0.491 e. The second kappa shape index (κ2) is 7.76. The maximum Gasteiger partial charge on any atom is 0.191 e. The van der Waals surface area contributed by atoms with Crippen molar-refractivity contribution in [2.24, 2.45) is 0 Å². The number of ether oxygens (including phenoxy) is 2. The third-order valence-corrected chi connectivity index (χ3v) is 3.38. The van der Waals surface area contributed by atoms with Crippen LogP contribution in [-0.2, 0) is 11.2 Å². The molecule has 3 nitrogen and oxygen atoms in total. The first-order valence-corrected chi connectivity index (χ1v) is 7.48. The van der Waals surface area contributed by atoms with Crippen LogP contribution in [0.3, 0.4) is 0 Å². The van der Waals surface area contributed by atoms with Crippen molar-refractivity contribution in [1.82, 2.24) is 0 Å². The molecule has 2 rings (SSSR count). The molecule has 0 aliphatic rings. The summed E-state index contributed by atoms with van der Waals surface area (Å²) in [5.74, 6) is 0.794. The third-order valence-electron chi connectivity index (χ3n) is 3.38. The van der Waals surface area contributed by atoms with E-state index in [9.17, 15) is 4.79 Å². The zero-order valence-electron chi connectivity index (χ0n) is 13.3. The highest BCUT2D eigenvalue weighted by Crippen LogP contribution is 2.22. The highest BCUT2D eigenvalue weighted by Gasteiger charge is 2.21. The number of carbonyl (C=O) groups excluding carboxylic acids is 1. The van der Waals surface area contributed by atoms with Crippen LogP contribution in [0.2, 0.25) is 0 Å². The Labute approximate surface area is 131 Å². The molecule has 1 unspecified atom stereocenters. The lowest BCUT2D eigenvalue weighted by Gasteiger charge is -2.18. The first kappa shape index (κ1) is 16.2. The summed E-state index contributed by atoms with van der Waals surface area (Å²) in [4.78, 5) is 12.5. The van der Waals surface area contributed by atoms with Crippen LogP contribution in [0.1, 0.15) is 29.8 Å². The summed E-state index contributed by atoms with van der Waals surface area (Å²) < 4.78 is 11.2. The molecule has 3 heteroatoms. The van der Waals surface area contributed by atoms with Crippen molar-refractivity contribution < 1.29 is 14.3 Å². The van der Waals surface area contributed by atoms with Crippen LogP contribution in [0, 0.1) is 0 Å². The molecular formula is C19H22O3. The average Bonchev–Trinajstić information content (AvgIpc) is 2.53. The molecule has 0 aliphatic heterocycles. The molecule has 0 saturated heterocycles. The Balaban J connectivity index is 2.19. The molecule has 0 spiro atoms. The Morgan fingerprint density at radius 1 is 1.00 bits per heavy atom. The van der Waals surface area contributed by atoms with Crippen LogP contribution in [0.15, 0.2) is 54.6 Å². The monoisotopic (exact) mass is 298 g/mol. The molecule has 0 bridgehead atoms. The molecule has 1 atom stereocenters. The highest BCUT2D eigenvalue weighted by atomic mass is 16.5. The molecule has 0 saturated carbocycles. The predicted octanol–water partition coefficient (Wildman–Crippen LogP) is 3.91. The van der Waals surface area contributed by atoms with Crippen molar-refractivity contribution in [2.45, 2.75) is 32.5 Å². The summed E-state index contributed by atoms with van der Waals surface area (Å²) in [6.45, 7) is 3.97. The predicted molar refractivity (Wildman–Crippen MR) is 87.5 cm³/mol. The van der Waals surface area contributed by atoms with Crippen LogP contribution >= 0.6 is 0 Å². The van der Waals surface area contributed by atoms with Crippen molar-refractivity contribution in [3.63, 3.8) is 0 Å². The van der Waals surface area contributed by atoms with Crippen LogP contribution in [-0.4, -0.2) is 25.1 Å². The zero-order valence-corrected chi connectivity index (χ0v) is 13.3. The largest absolute Gasteiger partial charge is 0.491 e. The van der Waals surface area contributed by atoms with Crippen LogP contribution < -0.4 is 4.74 Å². The third kappa shape index (κ3) is 4.18. The van der Waals surface area contributed by atoms with Crippen molar-refractivity contribution >= 4 is 5.78 Å². The summed E-state index contributed by atoms with van der Waals surface area (Å²) in [5, 5.41) is 0. The summed E-state index contributed by atoms with van der Waals surface area (Å²) in [6.07, 6.45) is 0.0684. The second-order valence-corrected chi connectivity index (χ2v) is 5.43. The fourth-order valence-electron chi connectivity index (χ4n) is 2.31. The number of benzene rings is 2. The SMILES string of the molecule is COC(Cc1ccccc1OC(C)C)C(=O)c1ccccc1. The molecule has 0 aliphatic carbocycles. The van der Waals surface area contributed by atoms with Gasteiger partial charge in [-0.2, -0.15) is 0 Å². The Hall–Kier alpha value is -2.13. The minimum atomic E-state index is -0.515. The standard InChI is InChI=1S/C19H22O3/c1-14(2)22-17-12-8-7-11-16(17)13-18(21-3)19(20)15-9-5-4-6-10-15/h4-12,14,18H,13H2,1-3H3. The smallest absolute Gasteiger partial charge is 0.191 e. The van der Waals surface area contributed by atoms with Gasteiger partial charge in [-0.25, -0.2) is 0 Å².